The van der Waals surface area contributed by atoms with Crippen LogP contribution in [0.25, 0.3) is 17.0 Å². The van der Waals surface area contributed by atoms with E-state index in [0.29, 0.717) is 23.9 Å². The lowest BCUT2D eigenvalue weighted by Gasteiger charge is -2.29. The molecule has 0 N–H and O–H groups in total. The zero-order valence-corrected chi connectivity index (χ0v) is 16.0. The average Bonchev–Trinajstić information content (AvgIpc) is 2.61. The number of nitrogens with zero attached hydrogens (tertiary/aromatic N) is 3. The van der Waals surface area contributed by atoms with Gasteiger partial charge in [-0.1, -0.05) is 29.8 Å². The summed E-state index contributed by atoms with van der Waals surface area (Å²) in [7, 11) is 0. The normalized spacial score (nSPS) is 14.8. The van der Waals surface area contributed by atoms with E-state index in [1.54, 1.807) is 4.90 Å². The smallest absolute Gasteiger partial charge is 0.410 e. The monoisotopic (exact) mass is 371 g/mol. The second-order valence-electron chi connectivity index (χ2n) is 7.21. The molecule has 0 aliphatic carbocycles. The van der Waals surface area contributed by atoms with Gasteiger partial charge in [-0.05, 0) is 44.9 Å². The lowest BCUT2D eigenvalue weighted by molar-refractivity contribution is 0.0270. The minimum atomic E-state index is -0.481. The van der Waals surface area contributed by atoms with Crippen LogP contribution in [0.4, 0.5) is 4.79 Å². The van der Waals surface area contributed by atoms with Gasteiger partial charge in [0.1, 0.15) is 5.60 Å². The van der Waals surface area contributed by atoms with Crippen molar-refractivity contribution in [2.24, 2.45) is 0 Å². The molecule has 5 nitrogen and oxygen atoms in total. The van der Waals surface area contributed by atoms with Crippen LogP contribution < -0.4 is 0 Å². The van der Waals surface area contributed by atoms with E-state index < -0.39 is 5.60 Å². The molecule has 26 heavy (non-hydrogen) atoms. The summed E-state index contributed by atoms with van der Waals surface area (Å²) in [5, 5.41) is 0.660. The zero-order chi connectivity index (χ0) is 18.7. The summed E-state index contributed by atoms with van der Waals surface area (Å²) < 4.78 is 5.41. The van der Waals surface area contributed by atoms with Crippen molar-refractivity contribution in [1.82, 2.24) is 14.9 Å². The van der Waals surface area contributed by atoms with Crippen molar-refractivity contribution in [3.63, 3.8) is 0 Å². The van der Waals surface area contributed by atoms with Gasteiger partial charge in [0.2, 0.25) is 0 Å². The number of ether oxygens (including phenoxy) is 1. The van der Waals surface area contributed by atoms with E-state index in [0.717, 1.165) is 23.1 Å². The van der Waals surface area contributed by atoms with Gasteiger partial charge in [-0.3, -0.25) is 0 Å². The molecular weight excluding hydrogens is 350 g/mol. The Balaban J connectivity index is 1.68. The van der Waals surface area contributed by atoms with Crippen molar-refractivity contribution >= 4 is 23.3 Å². The van der Waals surface area contributed by atoms with E-state index in [1.807, 2.05) is 63.5 Å². The molecule has 0 radical (unpaired) electrons. The van der Waals surface area contributed by atoms with E-state index >= 15 is 0 Å². The predicted molar refractivity (Wildman–Crippen MR) is 103 cm³/mol. The molecule has 0 fully saturated rings. The van der Waals surface area contributed by atoms with Crippen LogP contribution in [0.1, 0.15) is 32.8 Å². The molecular formula is C20H22ClN3O2. The van der Waals surface area contributed by atoms with Gasteiger partial charge in [0.25, 0.3) is 0 Å². The first-order valence-electron chi connectivity index (χ1n) is 8.57. The van der Waals surface area contributed by atoms with Crippen molar-refractivity contribution < 1.29 is 9.53 Å². The lowest BCUT2D eigenvalue weighted by Crippen LogP contribution is -2.39. The summed E-state index contributed by atoms with van der Waals surface area (Å²) in [5.74, 6) is 0.642. The Kier molecular flexibility index (Phi) is 5.28. The molecule has 0 spiro atoms. The summed E-state index contributed by atoms with van der Waals surface area (Å²) in [5.41, 5.74) is 2.52. The van der Waals surface area contributed by atoms with E-state index in [9.17, 15) is 4.79 Å². The third kappa shape index (κ3) is 4.61. The second kappa shape index (κ2) is 7.46. The summed E-state index contributed by atoms with van der Waals surface area (Å²) in [6.07, 6.45) is 6.14. The summed E-state index contributed by atoms with van der Waals surface area (Å²) in [6.45, 7) is 6.76. The molecule has 0 bridgehead atoms. The molecule has 0 saturated carbocycles. The van der Waals surface area contributed by atoms with Gasteiger partial charge < -0.3 is 9.64 Å². The molecule has 1 aromatic carbocycles. The number of amides is 1. The summed E-state index contributed by atoms with van der Waals surface area (Å²) in [6, 6.07) is 7.47. The van der Waals surface area contributed by atoms with Crippen LogP contribution in [0.15, 0.2) is 42.7 Å². The highest BCUT2D eigenvalue weighted by atomic mass is 35.5. The highest BCUT2D eigenvalue weighted by Gasteiger charge is 2.24. The highest BCUT2D eigenvalue weighted by Crippen LogP contribution is 2.24. The Morgan fingerprint density at radius 2 is 1.92 bits per heavy atom. The SMILES string of the molecule is CC(C)(C)OC(=O)N1CC=C(c2cnc(-c3cccc(Cl)c3)nc2)CC1. The molecule has 1 aliphatic heterocycles. The Bertz CT molecular complexity index is 826. The van der Waals surface area contributed by atoms with Gasteiger partial charge in [0.15, 0.2) is 5.82 Å². The fraction of sp³-hybridized carbons (Fsp3) is 0.350. The largest absolute Gasteiger partial charge is 0.444 e. The Hall–Kier alpha value is -2.40. The molecule has 2 heterocycles. The summed E-state index contributed by atoms with van der Waals surface area (Å²) >= 11 is 6.02. The van der Waals surface area contributed by atoms with Crippen LogP contribution in [0.2, 0.25) is 5.02 Å². The van der Waals surface area contributed by atoms with E-state index in [4.69, 9.17) is 16.3 Å². The third-order valence-corrected chi connectivity index (χ3v) is 4.20. The molecule has 1 aromatic heterocycles. The number of aromatic nitrogens is 2. The Labute approximate surface area is 158 Å². The van der Waals surface area contributed by atoms with Crippen molar-refractivity contribution in [3.05, 3.63) is 53.3 Å². The van der Waals surface area contributed by atoms with Gasteiger partial charge in [-0.2, -0.15) is 0 Å². The van der Waals surface area contributed by atoms with E-state index in [2.05, 4.69) is 9.97 Å². The van der Waals surface area contributed by atoms with Gasteiger partial charge in [0, 0.05) is 41.6 Å². The molecule has 0 saturated heterocycles. The molecule has 136 valence electrons. The number of carbonyl (C=O) groups excluding carboxylic acids is 1. The van der Waals surface area contributed by atoms with Gasteiger partial charge in [-0.15, -0.1) is 0 Å². The Morgan fingerprint density at radius 1 is 1.19 bits per heavy atom. The van der Waals surface area contributed by atoms with Gasteiger partial charge >= 0.3 is 6.09 Å². The van der Waals surface area contributed by atoms with Crippen molar-refractivity contribution in [3.8, 4) is 11.4 Å². The van der Waals surface area contributed by atoms with Gasteiger partial charge in [0.05, 0.1) is 0 Å². The maximum absolute atomic E-state index is 12.1. The average molecular weight is 372 g/mol. The van der Waals surface area contributed by atoms with Crippen molar-refractivity contribution in [1.29, 1.82) is 0 Å². The van der Waals surface area contributed by atoms with Crippen LogP contribution in [0.5, 0.6) is 0 Å². The van der Waals surface area contributed by atoms with Crippen LogP contribution in [0, 0.1) is 0 Å². The predicted octanol–water partition coefficient (Wildman–Crippen LogP) is 4.82. The second-order valence-corrected chi connectivity index (χ2v) is 7.65. The number of carbonyl (C=O) groups is 1. The maximum Gasteiger partial charge on any atom is 0.410 e. The molecule has 2 aromatic rings. The van der Waals surface area contributed by atoms with E-state index in [1.165, 1.54) is 0 Å². The number of hydrogen-bond donors (Lipinski definition) is 0. The third-order valence-electron chi connectivity index (χ3n) is 3.97. The molecule has 1 amide bonds. The fourth-order valence-corrected chi connectivity index (χ4v) is 2.88. The van der Waals surface area contributed by atoms with Crippen LogP contribution in [-0.2, 0) is 4.74 Å². The number of benzene rings is 1. The van der Waals surface area contributed by atoms with Crippen LogP contribution >= 0.6 is 11.6 Å². The van der Waals surface area contributed by atoms with Gasteiger partial charge in [-0.25, -0.2) is 14.8 Å². The maximum atomic E-state index is 12.1. The van der Waals surface area contributed by atoms with Crippen LogP contribution in [0.3, 0.4) is 0 Å². The minimum absolute atomic E-state index is 0.277. The first-order chi connectivity index (χ1) is 12.3. The quantitative estimate of drug-likeness (QED) is 0.759. The van der Waals surface area contributed by atoms with Crippen molar-refractivity contribution in [2.75, 3.05) is 13.1 Å². The first kappa shape index (κ1) is 18.4. The molecule has 0 unspecified atom stereocenters. The molecule has 6 heteroatoms. The van der Waals surface area contributed by atoms with Crippen LogP contribution in [-0.4, -0.2) is 39.7 Å². The number of hydrogen-bond acceptors (Lipinski definition) is 4. The lowest BCUT2D eigenvalue weighted by atomic mass is 10.0. The zero-order valence-electron chi connectivity index (χ0n) is 15.2. The summed E-state index contributed by atoms with van der Waals surface area (Å²) in [4.78, 5) is 22.7. The first-order valence-corrected chi connectivity index (χ1v) is 8.95. The minimum Gasteiger partial charge on any atom is -0.444 e. The number of halogens is 1. The highest BCUT2D eigenvalue weighted by molar-refractivity contribution is 6.30. The topological polar surface area (TPSA) is 55.3 Å². The molecule has 1 aliphatic rings. The van der Waals surface area contributed by atoms with Crippen molar-refractivity contribution in [2.45, 2.75) is 32.8 Å². The number of rotatable bonds is 2. The molecule has 3 rings (SSSR count). The van der Waals surface area contributed by atoms with E-state index in [-0.39, 0.29) is 6.09 Å². The standard InChI is InChI=1S/C20H22ClN3O2/c1-20(2,3)26-19(25)24-9-7-14(8-10-24)16-12-22-18(23-13-16)15-5-4-6-17(21)11-15/h4-7,11-13H,8-10H2,1-3H3. The molecule has 0 atom stereocenters. The fourth-order valence-electron chi connectivity index (χ4n) is 2.69. The Morgan fingerprint density at radius 3 is 2.50 bits per heavy atom.